The third-order valence-electron chi connectivity index (χ3n) is 16.0. The summed E-state index contributed by atoms with van der Waals surface area (Å²) in [6.07, 6.45) is -1.51. The largest absolute Gasteiger partial charge is 0.458 e. The Balaban J connectivity index is 0.837. The number of aliphatic hydroxyl groups is 6. The lowest BCUT2D eigenvalue weighted by atomic mass is 9.42. The molecule has 4 aliphatic carbocycles. The van der Waals surface area contributed by atoms with Crippen LogP contribution in [-0.2, 0) is 38.0 Å². The predicted molar refractivity (Wildman–Crippen MR) is 193 cm³/mol. The molecular formula is C41H64O14. The molecule has 6 N–H and O–H groups in total. The minimum Gasteiger partial charge on any atom is -0.458 e. The summed E-state index contributed by atoms with van der Waals surface area (Å²) >= 11 is 0. The highest BCUT2D eigenvalue weighted by Crippen LogP contribution is 2.70. The van der Waals surface area contributed by atoms with Crippen molar-refractivity contribution in [3.8, 4) is 0 Å². The molecular weight excluding hydrogens is 716 g/mol. The Bertz CT molecular complexity index is 1410. The zero-order chi connectivity index (χ0) is 39.2. The first kappa shape index (κ1) is 40.5. The van der Waals surface area contributed by atoms with Crippen LogP contribution in [0.5, 0.6) is 0 Å². The summed E-state index contributed by atoms with van der Waals surface area (Å²) in [6.45, 7) is 9.90. The van der Waals surface area contributed by atoms with Gasteiger partial charge in [-0.1, -0.05) is 13.8 Å². The number of hydrogen-bond donors (Lipinski definition) is 6. The van der Waals surface area contributed by atoms with Gasteiger partial charge in [0, 0.05) is 30.8 Å². The van der Waals surface area contributed by atoms with E-state index in [0.29, 0.717) is 18.8 Å². The van der Waals surface area contributed by atoms with Crippen LogP contribution in [0.15, 0.2) is 11.6 Å². The molecule has 4 saturated carbocycles. The molecule has 4 heterocycles. The summed E-state index contributed by atoms with van der Waals surface area (Å²) in [6, 6.07) is 0. The minimum absolute atomic E-state index is 0.0452. The van der Waals surface area contributed by atoms with Crippen molar-refractivity contribution in [2.24, 2.45) is 34.5 Å². The fourth-order valence-electron chi connectivity index (χ4n) is 12.8. The molecule has 14 heteroatoms. The Morgan fingerprint density at radius 2 is 1.29 bits per heavy atom. The third-order valence-corrected chi connectivity index (χ3v) is 16.0. The summed E-state index contributed by atoms with van der Waals surface area (Å²) < 4.78 is 42.1. The number of carbonyl (C=O) groups excluding carboxylic acids is 1. The monoisotopic (exact) mass is 780 g/mol. The number of cyclic esters (lactones) is 1. The van der Waals surface area contributed by atoms with E-state index in [-0.39, 0.29) is 61.1 Å². The van der Waals surface area contributed by atoms with Gasteiger partial charge in [-0.3, -0.25) is 0 Å². The van der Waals surface area contributed by atoms with Crippen molar-refractivity contribution in [2.75, 3.05) is 6.61 Å². The molecule has 0 radical (unpaired) electrons. The summed E-state index contributed by atoms with van der Waals surface area (Å²) in [5.41, 5.74) is -0.892. The van der Waals surface area contributed by atoms with Gasteiger partial charge in [0.1, 0.15) is 24.9 Å². The number of rotatable bonds is 7. The van der Waals surface area contributed by atoms with Crippen molar-refractivity contribution in [1.29, 1.82) is 0 Å². The summed E-state index contributed by atoms with van der Waals surface area (Å²) in [7, 11) is 0. The van der Waals surface area contributed by atoms with Gasteiger partial charge in [0.2, 0.25) is 0 Å². The van der Waals surface area contributed by atoms with Crippen molar-refractivity contribution in [1.82, 2.24) is 0 Å². The topological polar surface area (TPSA) is 203 Å². The van der Waals surface area contributed by atoms with E-state index in [0.717, 1.165) is 44.1 Å². The van der Waals surface area contributed by atoms with Crippen LogP contribution in [0.4, 0.5) is 0 Å². The Morgan fingerprint density at radius 1 is 0.691 bits per heavy atom. The quantitative estimate of drug-likeness (QED) is 0.162. The lowest BCUT2D eigenvalue weighted by molar-refractivity contribution is -0.336. The Kier molecular flexibility index (Phi) is 11.1. The molecule has 7 fully saturated rings. The van der Waals surface area contributed by atoms with Crippen molar-refractivity contribution in [3.63, 3.8) is 0 Å². The summed E-state index contributed by atoms with van der Waals surface area (Å²) in [5, 5.41) is 66.9. The summed E-state index contributed by atoms with van der Waals surface area (Å²) in [4.78, 5) is 11.9. The molecule has 0 bridgehead atoms. The Hall–Kier alpha value is -1.27. The molecule has 8 aliphatic rings. The van der Waals surface area contributed by atoms with Gasteiger partial charge < -0.3 is 63.8 Å². The number of ether oxygens (including phenoxy) is 7. The summed E-state index contributed by atoms with van der Waals surface area (Å²) in [5.74, 6) is 0.204. The third kappa shape index (κ3) is 6.95. The Labute approximate surface area is 323 Å². The molecule has 55 heavy (non-hydrogen) atoms. The van der Waals surface area contributed by atoms with Crippen LogP contribution >= 0.6 is 0 Å². The molecule has 1 unspecified atom stereocenters. The molecule has 4 aliphatic heterocycles. The predicted octanol–water partition coefficient (Wildman–Crippen LogP) is 2.22. The molecule has 312 valence electrons. The molecule has 0 aromatic rings. The van der Waals surface area contributed by atoms with Gasteiger partial charge in [0.25, 0.3) is 0 Å². The van der Waals surface area contributed by atoms with Gasteiger partial charge in [-0.2, -0.15) is 0 Å². The first-order valence-electron chi connectivity index (χ1n) is 20.9. The van der Waals surface area contributed by atoms with Crippen LogP contribution < -0.4 is 0 Å². The molecule has 0 amide bonds. The first-order valence-corrected chi connectivity index (χ1v) is 20.9. The Morgan fingerprint density at radius 3 is 1.87 bits per heavy atom. The van der Waals surface area contributed by atoms with Gasteiger partial charge in [0.05, 0.1) is 54.4 Å². The standard InChI is InChI=1S/C41H64O14/c1-19-36(47)28(42)15-34(50-19)54-38-21(3)52-35(17-30(38)44)55-37-20(2)51-33(16-29(37)43)53-24-8-10-39(4)23(13-24)6-7-26-27(39)14-31(45)40(5)25(9-11-41(26,40)48)22-12-32(46)49-18-22/h12,19-21,23-31,33-38,42-45,47-48H,6-11,13-18H2,1-5H3/t19-,20-,21-,23-,24+,25+,26-,27+,28+,29+,30+,31-,33+,34+,35+,36-,37?,38-,39+,40+,41+/m1/s1. The van der Waals surface area contributed by atoms with Crippen LogP contribution in [0.3, 0.4) is 0 Å². The van der Waals surface area contributed by atoms with Gasteiger partial charge in [-0.25, -0.2) is 4.79 Å². The first-order chi connectivity index (χ1) is 26.0. The van der Waals surface area contributed by atoms with E-state index in [1.807, 2.05) is 13.8 Å². The van der Waals surface area contributed by atoms with Crippen LogP contribution in [0, 0.1) is 34.5 Å². The van der Waals surface area contributed by atoms with Crippen molar-refractivity contribution < 1.29 is 68.6 Å². The molecule has 21 atom stereocenters. The van der Waals surface area contributed by atoms with E-state index < -0.39 is 90.9 Å². The average Bonchev–Trinajstić information content (AvgIpc) is 3.67. The lowest BCUT2D eigenvalue weighted by Crippen LogP contribution is -2.67. The van der Waals surface area contributed by atoms with Crippen LogP contribution in [0.1, 0.15) is 105 Å². The second kappa shape index (κ2) is 15.1. The molecule has 0 aromatic carbocycles. The van der Waals surface area contributed by atoms with Crippen molar-refractivity contribution in [3.05, 3.63) is 11.6 Å². The van der Waals surface area contributed by atoms with E-state index in [4.69, 9.17) is 33.2 Å². The van der Waals surface area contributed by atoms with Crippen LogP contribution in [0.2, 0.25) is 0 Å². The zero-order valence-corrected chi connectivity index (χ0v) is 32.9. The number of carbonyl (C=O) groups is 1. The number of hydrogen-bond acceptors (Lipinski definition) is 14. The van der Waals surface area contributed by atoms with E-state index in [1.165, 1.54) is 0 Å². The SMILES string of the molecule is C[C@H]1O[C@@H](O[C@H]2CC[C@@]3(C)[C@H](CC[C@@H]4[C@@H]3C[C@@H](O)[C@]3(C)[C@H](C5=CC(=O)OC5)CC[C@]43O)C2)C[C@H](O)C1O[C@H]1C[C@H](O)[C@H](O[C@H]2C[C@H](O)[C@H](O)[C@@H](C)O2)[C@@H](C)O1. The maximum absolute atomic E-state index is 12.6. The number of esters is 1. The van der Waals surface area contributed by atoms with Gasteiger partial charge in [-0.05, 0) is 107 Å². The molecule has 14 nitrogen and oxygen atoms in total. The second-order valence-corrected chi connectivity index (χ2v) is 18.8. The normalized spacial score (nSPS) is 55.5. The van der Waals surface area contributed by atoms with Gasteiger partial charge >= 0.3 is 5.97 Å². The van der Waals surface area contributed by atoms with E-state index in [2.05, 4.69) is 6.92 Å². The smallest absolute Gasteiger partial charge is 0.331 e. The fourth-order valence-corrected chi connectivity index (χ4v) is 12.8. The number of aliphatic hydroxyl groups excluding tert-OH is 5. The highest BCUT2D eigenvalue weighted by Gasteiger charge is 2.71. The average molecular weight is 781 g/mol. The highest BCUT2D eigenvalue weighted by molar-refractivity contribution is 5.85. The maximum Gasteiger partial charge on any atom is 0.331 e. The van der Waals surface area contributed by atoms with Crippen LogP contribution in [-0.4, -0.2) is 135 Å². The van der Waals surface area contributed by atoms with Crippen molar-refractivity contribution in [2.45, 2.75) is 197 Å². The maximum atomic E-state index is 12.6. The number of fused-ring (bicyclic) bond motifs is 5. The molecule has 0 aromatic heterocycles. The van der Waals surface area contributed by atoms with Crippen LogP contribution in [0.25, 0.3) is 0 Å². The van der Waals surface area contributed by atoms with E-state index >= 15 is 0 Å². The van der Waals surface area contributed by atoms with E-state index in [9.17, 15) is 35.4 Å². The van der Waals surface area contributed by atoms with E-state index in [1.54, 1.807) is 19.9 Å². The van der Waals surface area contributed by atoms with Gasteiger partial charge in [0.15, 0.2) is 18.9 Å². The second-order valence-electron chi connectivity index (χ2n) is 18.8. The van der Waals surface area contributed by atoms with Gasteiger partial charge in [-0.15, -0.1) is 0 Å². The van der Waals surface area contributed by atoms with Crippen molar-refractivity contribution >= 4 is 5.97 Å². The fraction of sp³-hybridized carbons (Fsp3) is 0.927. The molecule has 0 spiro atoms. The lowest BCUT2D eigenvalue weighted by Gasteiger charge is -2.65. The molecule has 8 rings (SSSR count). The zero-order valence-electron chi connectivity index (χ0n) is 32.9. The molecule has 3 saturated heterocycles. The highest BCUT2D eigenvalue weighted by atomic mass is 16.7. The minimum atomic E-state index is -1.01.